The number of fused-ring (bicyclic) bond motifs is 1. The highest BCUT2D eigenvalue weighted by Gasteiger charge is 2.15. The summed E-state index contributed by atoms with van der Waals surface area (Å²) in [5.74, 6) is 0. The highest BCUT2D eigenvalue weighted by atomic mass is 35.5. The van der Waals surface area contributed by atoms with Crippen LogP contribution in [0.4, 0.5) is 5.13 Å². The van der Waals surface area contributed by atoms with E-state index in [0.717, 1.165) is 46.4 Å². The lowest BCUT2D eigenvalue weighted by molar-refractivity contribution is 0.0876. The Balaban J connectivity index is 1.80. The van der Waals surface area contributed by atoms with Crippen molar-refractivity contribution in [2.45, 2.75) is 18.9 Å². The van der Waals surface area contributed by atoms with Crippen molar-refractivity contribution in [3.05, 3.63) is 23.2 Å². The molecule has 90 valence electrons. The van der Waals surface area contributed by atoms with Gasteiger partial charge in [-0.05, 0) is 31.0 Å². The highest BCUT2D eigenvalue weighted by molar-refractivity contribution is 7.22. The Morgan fingerprint density at radius 2 is 2.41 bits per heavy atom. The second-order valence-electron chi connectivity index (χ2n) is 4.19. The molecule has 5 heteroatoms. The molecule has 1 saturated heterocycles. The van der Waals surface area contributed by atoms with Gasteiger partial charge in [-0.1, -0.05) is 22.9 Å². The van der Waals surface area contributed by atoms with Crippen LogP contribution in [0.25, 0.3) is 10.2 Å². The van der Waals surface area contributed by atoms with E-state index >= 15 is 0 Å². The molecule has 1 unspecified atom stereocenters. The Labute approximate surface area is 109 Å². The summed E-state index contributed by atoms with van der Waals surface area (Å²) in [6, 6.07) is 6.17. The molecular weight excluding hydrogens is 256 g/mol. The number of ether oxygens (including phenoxy) is 1. The van der Waals surface area contributed by atoms with Gasteiger partial charge in [0.05, 0.1) is 22.9 Å². The first-order valence-corrected chi connectivity index (χ1v) is 6.91. The van der Waals surface area contributed by atoms with E-state index in [-0.39, 0.29) is 0 Å². The maximum Gasteiger partial charge on any atom is 0.184 e. The molecule has 1 N–H and O–H groups in total. The summed E-state index contributed by atoms with van der Waals surface area (Å²) < 4.78 is 6.56. The van der Waals surface area contributed by atoms with Crippen LogP contribution in [-0.2, 0) is 4.74 Å². The summed E-state index contributed by atoms with van der Waals surface area (Å²) >= 11 is 7.60. The van der Waals surface area contributed by atoms with Crippen LogP contribution in [0, 0.1) is 0 Å². The Bertz CT molecular complexity index is 522. The summed E-state index contributed by atoms with van der Waals surface area (Å²) in [7, 11) is 0. The molecule has 1 fully saturated rings. The zero-order chi connectivity index (χ0) is 11.7. The van der Waals surface area contributed by atoms with Crippen LogP contribution in [-0.4, -0.2) is 24.2 Å². The number of hydrogen-bond donors (Lipinski definition) is 1. The maximum absolute atomic E-state index is 5.96. The van der Waals surface area contributed by atoms with E-state index in [2.05, 4.69) is 10.3 Å². The smallest absolute Gasteiger partial charge is 0.184 e. The molecule has 1 aromatic heterocycles. The lowest BCUT2D eigenvalue weighted by Crippen LogP contribution is -2.29. The molecule has 0 bridgehead atoms. The van der Waals surface area contributed by atoms with Gasteiger partial charge in [0, 0.05) is 11.6 Å². The number of benzene rings is 1. The van der Waals surface area contributed by atoms with Crippen molar-refractivity contribution < 1.29 is 4.74 Å². The molecule has 0 aliphatic carbocycles. The van der Waals surface area contributed by atoms with Crippen molar-refractivity contribution in [1.82, 2.24) is 4.98 Å². The number of hydrogen-bond acceptors (Lipinski definition) is 4. The van der Waals surface area contributed by atoms with Gasteiger partial charge in [0.15, 0.2) is 5.13 Å². The van der Waals surface area contributed by atoms with E-state index in [0.29, 0.717) is 6.04 Å². The third kappa shape index (κ3) is 2.54. The van der Waals surface area contributed by atoms with Crippen LogP contribution in [0.15, 0.2) is 18.2 Å². The molecular formula is C12H13ClN2OS. The maximum atomic E-state index is 5.96. The number of nitrogens with one attached hydrogen (secondary N) is 1. The van der Waals surface area contributed by atoms with Crippen molar-refractivity contribution in [3.63, 3.8) is 0 Å². The number of anilines is 1. The predicted octanol–water partition coefficient (Wildman–Crippen LogP) is 3.54. The van der Waals surface area contributed by atoms with Gasteiger partial charge in [-0.2, -0.15) is 0 Å². The second-order valence-corrected chi connectivity index (χ2v) is 5.66. The van der Waals surface area contributed by atoms with Gasteiger partial charge in [0.1, 0.15) is 0 Å². The van der Waals surface area contributed by atoms with Gasteiger partial charge in [0.25, 0.3) is 0 Å². The summed E-state index contributed by atoms with van der Waals surface area (Å²) in [5, 5.41) is 5.14. The summed E-state index contributed by atoms with van der Waals surface area (Å²) in [6.07, 6.45) is 2.27. The quantitative estimate of drug-likeness (QED) is 0.905. The Hall–Kier alpha value is -0.840. The molecule has 2 aromatic rings. The Morgan fingerprint density at radius 1 is 1.47 bits per heavy atom. The molecule has 1 atom stereocenters. The SMILES string of the molecule is Clc1ccc2nc(NC3CCCOC3)sc2c1. The van der Waals surface area contributed by atoms with Crippen LogP contribution < -0.4 is 5.32 Å². The number of nitrogens with zero attached hydrogens (tertiary/aromatic N) is 1. The highest BCUT2D eigenvalue weighted by Crippen LogP contribution is 2.29. The van der Waals surface area contributed by atoms with E-state index in [1.807, 2.05) is 18.2 Å². The van der Waals surface area contributed by atoms with Gasteiger partial charge >= 0.3 is 0 Å². The normalized spacial score (nSPS) is 20.6. The monoisotopic (exact) mass is 268 g/mol. The summed E-state index contributed by atoms with van der Waals surface area (Å²) in [4.78, 5) is 4.54. The van der Waals surface area contributed by atoms with Gasteiger partial charge in [-0.15, -0.1) is 0 Å². The Kier molecular flexibility index (Phi) is 3.18. The van der Waals surface area contributed by atoms with Gasteiger partial charge in [-0.3, -0.25) is 0 Å². The van der Waals surface area contributed by atoms with Crippen molar-refractivity contribution >= 4 is 38.3 Å². The van der Waals surface area contributed by atoms with Gasteiger partial charge < -0.3 is 10.1 Å². The standard InChI is InChI=1S/C12H13ClN2OS/c13-8-3-4-10-11(6-8)17-12(15-10)14-9-2-1-5-16-7-9/h3-4,6,9H,1-2,5,7H2,(H,14,15). The van der Waals surface area contributed by atoms with E-state index in [1.54, 1.807) is 11.3 Å². The molecule has 1 aliphatic heterocycles. The average Bonchev–Trinajstić information content (AvgIpc) is 2.71. The molecule has 3 nitrogen and oxygen atoms in total. The van der Waals surface area contributed by atoms with Crippen LogP contribution in [0.2, 0.25) is 5.02 Å². The molecule has 2 heterocycles. The minimum atomic E-state index is 0.389. The van der Waals surface area contributed by atoms with Crippen LogP contribution in [0.1, 0.15) is 12.8 Å². The van der Waals surface area contributed by atoms with Crippen LogP contribution in [0.3, 0.4) is 0 Å². The first-order chi connectivity index (χ1) is 8.31. The fourth-order valence-corrected chi connectivity index (χ4v) is 3.21. The second kappa shape index (κ2) is 4.80. The first-order valence-electron chi connectivity index (χ1n) is 5.71. The fourth-order valence-electron chi connectivity index (χ4n) is 1.99. The number of aromatic nitrogens is 1. The average molecular weight is 269 g/mol. The van der Waals surface area contributed by atoms with Crippen molar-refractivity contribution in [2.24, 2.45) is 0 Å². The van der Waals surface area contributed by atoms with Crippen molar-refractivity contribution in [2.75, 3.05) is 18.5 Å². The topological polar surface area (TPSA) is 34.2 Å². The fraction of sp³-hybridized carbons (Fsp3) is 0.417. The third-order valence-electron chi connectivity index (χ3n) is 2.84. The minimum absolute atomic E-state index is 0.389. The molecule has 0 amide bonds. The molecule has 17 heavy (non-hydrogen) atoms. The molecule has 0 spiro atoms. The molecule has 0 radical (unpaired) electrons. The molecule has 0 saturated carbocycles. The third-order valence-corrected chi connectivity index (χ3v) is 4.02. The largest absolute Gasteiger partial charge is 0.379 e. The van der Waals surface area contributed by atoms with E-state index < -0.39 is 0 Å². The number of thiazole rings is 1. The predicted molar refractivity (Wildman–Crippen MR) is 72.1 cm³/mol. The van der Waals surface area contributed by atoms with E-state index in [9.17, 15) is 0 Å². The van der Waals surface area contributed by atoms with Crippen molar-refractivity contribution in [1.29, 1.82) is 0 Å². The molecule has 1 aliphatic rings. The summed E-state index contributed by atoms with van der Waals surface area (Å²) in [5.41, 5.74) is 0.999. The van der Waals surface area contributed by atoms with Gasteiger partial charge in [-0.25, -0.2) is 4.98 Å². The molecule has 3 rings (SSSR count). The lowest BCUT2D eigenvalue weighted by atomic mass is 10.1. The van der Waals surface area contributed by atoms with Crippen LogP contribution in [0.5, 0.6) is 0 Å². The van der Waals surface area contributed by atoms with E-state index in [4.69, 9.17) is 16.3 Å². The number of rotatable bonds is 2. The van der Waals surface area contributed by atoms with Crippen LogP contribution >= 0.6 is 22.9 Å². The Morgan fingerprint density at radius 3 is 3.24 bits per heavy atom. The minimum Gasteiger partial charge on any atom is -0.379 e. The van der Waals surface area contributed by atoms with E-state index in [1.165, 1.54) is 0 Å². The molecule has 1 aromatic carbocycles. The van der Waals surface area contributed by atoms with Gasteiger partial charge in [0.2, 0.25) is 0 Å². The zero-order valence-corrected chi connectivity index (χ0v) is 10.9. The zero-order valence-electron chi connectivity index (χ0n) is 9.28. The summed E-state index contributed by atoms with van der Waals surface area (Å²) in [6.45, 7) is 1.66. The first kappa shape index (κ1) is 11.3. The van der Waals surface area contributed by atoms with Crippen molar-refractivity contribution in [3.8, 4) is 0 Å². The number of halogens is 1. The lowest BCUT2D eigenvalue weighted by Gasteiger charge is -2.22.